The molecule has 3 heteroatoms. The maximum absolute atomic E-state index is 5.13. The lowest BCUT2D eigenvalue weighted by Crippen LogP contribution is -2.32. The minimum atomic E-state index is 0.632. The number of hydrogen-bond donors (Lipinski definition) is 1. The molecule has 0 aromatic carbocycles. The summed E-state index contributed by atoms with van der Waals surface area (Å²) in [5.41, 5.74) is 0. The highest BCUT2D eigenvalue weighted by Gasteiger charge is 2.24. The lowest BCUT2D eigenvalue weighted by molar-refractivity contribution is 0.157. The second-order valence-electron chi connectivity index (χ2n) is 4.56. The molecule has 0 amide bonds. The van der Waals surface area contributed by atoms with Crippen LogP contribution >= 0.6 is 11.8 Å². The van der Waals surface area contributed by atoms with Crippen molar-refractivity contribution in [1.82, 2.24) is 5.32 Å². The molecule has 15 heavy (non-hydrogen) atoms. The summed E-state index contributed by atoms with van der Waals surface area (Å²) in [6.07, 6.45) is 4.12. The zero-order chi connectivity index (χ0) is 11.1. The molecule has 1 aliphatic rings. The van der Waals surface area contributed by atoms with Crippen LogP contribution in [0.4, 0.5) is 0 Å². The Morgan fingerprint density at radius 2 is 2.27 bits per heavy atom. The zero-order valence-electron chi connectivity index (χ0n) is 10.3. The van der Waals surface area contributed by atoms with Crippen molar-refractivity contribution in [3.8, 4) is 0 Å². The fourth-order valence-electron chi connectivity index (χ4n) is 2.22. The standard InChI is InChI=1S/C12H25NOS/c1-4-15-12-6-5-11(7-12)13-8-10(2)9-14-3/h10-13H,4-9H2,1-3H3. The van der Waals surface area contributed by atoms with Gasteiger partial charge >= 0.3 is 0 Å². The summed E-state index contributed by atoms with van der Waals surface area (Å²) >= 11 is 2.12. The van der Waals surface area contributed by atoms with E-state index < -0.39 is 0 Å². The fraction of sp³-hybridized carbons (Fsp3) is 1.00. The van der Waals surface area contributed by atoms with E-state index in [0.717, 1.165) is 24.4 Å². The Morgan fingerprint density at radius 3 is 2.93 bits per heavy atom. The second kappa shape index (κ2) is 7.53. The van der Waals surface area contributed by atoms with E-state index >= 15 is 0 Å². The Hall–Kier alpha value is 0.270. The first kappa shape index (κ1) is 13.3. The van der Waals surface area contributed by atoms with Crippen LogP contribution in [0.2, 0.25) is 0 Å². The number of methoxy groups -OCH3 is 1. The summed E-state index contributed by atoms with van der Waals surface area (Å²) in [5, 5.41) is 4.57. The van der Waals surface area contributed by atoms with Crippen molar-refractivity contribution in [3.63, 3.8) is 0 Å². The molecule has 0 aromatic heterocycles. The van der Waals surface area contributed by atoms with Gasteiger partial charge in [-0.3, -0.25) is 0 Å². The van der Waals surface area contributed by atoms with E-state index in [-0.39, 0.29) is 0 Å². The van der Waals surface area contributed by atoms with E-state index in [9.17, 15) is 0 Å². The molecule has 2 nitrogen and oxygen atoms in total. The minimum absolute atomic E-state index is 0.632. The van der Waals surface area contributed by atoms with E-state index in [1.54, 1.807) is 7.11 Å². The Balaban J connectivity index is 2.08. The molecule has 1 rings (SSSR count). The van der Waals surface area contributed by atoms with Crippen molar-refractivity contribution >= 4 is 11.8 Å². The number of ether oxygens (including phenoxy) is 1. The molecular formula is C12H25NOS. The molecule has 0 saturated heterocycles. The Kier molecular flexibility index (Phi) is 6.69. The van der Waals surface area contributed by atoms with Crippen molar-refractivity contribution in [3.05, 3.63) is 0 Å². The van der Waals surface area contributed by atoms with Gasteiger partial charge in [-0.1, -0.05) is 13.8 Å². The summed E-state index contributed by atoms with van der Waals surface area (Å²) in [6.45, 7) is 6.46. The van der Waals surface area contributed by atoms with Gasteiger partial charge in [-0.2, -0.15) is 11.8 Å². The fourth-order valence-corrected chi connectivity index (χ4v) is 3.37. The summed E-state index contributed by atoms with van der Waals surface area (Å²) < 4.78 is 5.13. The van der Waals surface area contributed by atoms with Crippen LogP contribution in [0.1, 0.15) is 33.1 Å². The van der Waals surface area contributed by atoms with Crippen molar-refractivity contribution in [1.29, 1.82) is 0 Å². The van der Waals surface area contributed by atoms with E-state index in [1.807, 2.05) is 0 Å². The number of hydrogen-bond acceptors (Lipinski definition) is 3. The third kappa shape index (κ3) is 5.23. The molecule has 0 heterocycles. The Morgan fingerprint density at radius 1 is 1.47 bits per heavy atom. The maximum atomic E-state index is 5.13. The van der Waals surface area contributed by atoms with Crippen LogP contribution in [-0.4, -0.2) is 37.3 Å². The smallest absolute Gasteiger partial charge is 0.0499 e. The quantitative estimate of drug-likeness (QED) is 0.727. The molecule has 0 radical (unpaired) electrons. The van der Waals surface area contributed by atoms with Crippen LogP contribution in [0.15, 0.2) is 0 Å². The molecule has 0 aliphatic heterocycles. The molecule has 3 unspecified atom stereocenters. The van der Waals surface area contributed by atoms with Gasteiger partial charge in [-0.15, -0.1) is 0 Å². The summed E-state index contributed by atoms with van der Waals surface area (Å²) in [6, 6.07) is 0.758. The van der Waals surface area contributed by atoms with Crippen LogP contribution in [0.25, 0.3) is 0 Å². The normalized spacial score (nSPS) is 28.2. The Labute approximate surface area is 98.5 Å². The monoisotopic (exact) mass is 231 g/mol. The van der Waals surface area contributed by atoms with Gasteiger partial charge in [-0.25, -0.2) is 0 Å². The van der Waals surface area contributed by atoms with E-state index in [0.29, 0.717) is 5.92 Å². The van der Waals surface area contributed by atoms with Gasteiger partial charge < -0.3 is 10.1 Å². The van der Waals surface area contributed by atoms with Gasteiger partial charge in [0.25, 0.3) is 0 Å². The number of nitrogens with one attached hydrogen (secondary N) is 1. The summed E-state index contributed by atoms with van der Waals surface area (Å²) in [7, 11) is 1.78. The van der Waals surface area contributed by atoms with Crippen LogP contribution in [0, 0.1) is 5.92 Å². The van der Waals surface area contributed by atoms with Crippen LogP contribution in [0.5, 0.6) is 0 Å². The number of thioether (sulfide) groups is 1. The van der Waals surface area contributed by atoms with Crippen LogP contribution < -0.4 is 5.32 Å². The molecule has 0 spiro atoms. The molecule has 1 N–H and O–H groups in total. The van der Waals surface area contributed by atoms with Crippen molar-refractivity contribution in [2.45, 2.75) is 44.4 Å². The highest BCUT2D eigenvalue weighted by atomic mass is 32.2. The van der Waals surface area contributed by atoms with Crippen molar-refractivity contribution < 1.29 is 4.74 Å². The predicted molar refractivity (Wildman–Crippen MR) is 68.6 cm³/mol. The predicted octanol–water partition coefficient (Wildman–Crippen LogP) is 2.53. The molecule has 1 saturated carbocycles. The maximum Gasteiger partial charge on any atom is 0.0499 e. The highest BCUT2D eigenvalue weighted by Crippen LogP contribution is 2.29. The largest absolute Gasteiger partial charge is 0.384 e. The van der Waals surface area contributed by atoms with Gasteiger partial charge in [-0.05, 0) is 30.9 Å². The third-order valence-corrected chi connectivity index (χ3v) is 4.23. The van der Waals surface area contributed by atoms with Crippen LogP contribution in [0.3, 0.4) is 0 Å². The SMILES string of the molecule is CCSC1CCC(NCC(C)COC)C1. The molecule has 0 aromatic rings. The van der Waals surface area contributed by atoms with Gasteiger partial charge in [0.1, 0.15) is 0 Å². The summed E-state index contributed by atoms with van der Waals surface area (Å²) in [4.78, 5) is 0. The summed E-state index contributed by atoms with van der Waals surface area (Å²) in [5.74, 6) is 1.89. The first-order chi connectivity index (χ1) is 7.26. The van der Waals surface area contributed by atoms with Gasteiger partial charge in [0.05, 0.1) is 0 Å². The minimum Gasteiger partial charge on any atom is -0.384 e. The topological polar surface area (TPSA) is 21.3 Å². The van der Waals surface area contributed by atoms with E-state index in [2.05, 4.69) is 30.9 Å². The van der Waals surface area contributed by atoms with Crippen molar-refractivity contribution in [2.75, 3.05) is 26.0 Å². The molecule has 90 valence electrons. The highest BCUT2D eigenvalue weighted by molar-refractivity contribution is 7.99. The molecule has 3 atom stereocenters. The first-order valence-electron chi connectivity index (χ1n) is 6.10. The lowest BCUT2D eigenvalue weighted by atomic mass is 10.1. The van der Waals surface area contributed by atoms with Gasteiger partial charge in [0, 0.05) is 31.6 Å². The van der Waals surface area contributed by atoms with Crippen molar-refractivity contribution in [2.24, 2.45) is 5.92 Å². The molecule has 1 fully saturated rings. The zero-order valence-corrected chi connectivity index (χ0v) is 11.1. The third-order valence-electron chi connectivity index (χ3n) is 2.99. The first-order valence-corrected chi connectivity index (χ1v) is 7.15. The number of rotatable bonds is 7. The lowest BCUT2D eigenvalue weighted by Gasteiger charge is -2.16. The van der Waals surface area contributed by atoms with Gasteiger partial charge in [0.15, 0.2) is 0 Å². The Bertz CT molecular complexity index is 166. The molecule has 1 aliphatic carbocycles. The van der Waals surface area contributed by atoms with E-state index in [1.165, 1.54) is 25.0 Å². The average molecular weight is 231 g/mol. The molecular weight excluding hydrogens is 206 g/mol. The molecule has 0 bridgehead atoms. The van der Waals surface area contributed by atoms with Crippen LogP contribution in [-0.2, 0) is 4.74 Å². The second-order valence-corrected chi connectivity index (χ2v) is 6.13. The average Bonchev–Trinajstić information content (AvgIpc) is 2.64. The van der Waals surface area contributed by atoms with E-state index in [4.69, 9.17) is 4.74 Å². The van der Waals surface area contributed by atoms with Gasteiger partial charge in [0.2, 0.25) is 0 Å².